The Labute approximate surface area is 119 Å². The third-order valence-corrected chi connectivity index (χ3v) is 5.19. The van der Waals surface area contributed by atoms with Crippen LogP contribution in [0.4, 0.5) is 0 Å². The number of aromatic nitrogens is 1. The lowest BCUT2D eigenvalue weighted by Gasteiger charge is -2.45. The third-order valence-electron chi connectivity index (χ3n) is 5.19. The molecular formula is C17H19N3. The van der Waals surface area contributed by atoms with E-state index in [2.05, 4.69) is 47.4 Å². The molecule has 0 amide bonds. The van der Waals surface area contributed by atoms with Crippen LogP contribution in [0.1, 0.15) is 29.9 Å². The van der Waals surface area contributed by atoms with Crippen molar-refractivity contribution in [1.29, 1.82) is 5.26 Å². The second-order valence-corrected chi connectivity index (χ2v) is 6.37. The molecule has 4 rings (SSSR count). The molecule has 1 aromatic heterocycles. The molecule has 0 unspecified atom stereocenters. The first-order chi connectivity index (χ1) is 9.78. The zero-order valence-electron chi connectivity index (χ0n) is 11.8. The highest BCUT2D eigenvalue weighted by molar-refractivity contribution is 5.88. The minimum Gasteiger partial charge on any atom is -0.361 e. The number of piperidine rings is 1. The standard InChI is InChI=1S/C17H19N3/c1-20-10-11(5-6-18)7-14-13-3-2-4-15-17(13)12(9-19-15)8-16(14)20/h2-4,9,11,14,16,19H,5,7-8,10H2,1H3/t11-,14-,16+/m0/s1. The average Bonchev–Trinajstić information content (AvgIpc) is 2.86. The minimum atomic E-state index is 0.516. The molecule has 1 fully saturated rings. The molecule has 1 aliphatic heterocycles. The molecule has 1 aliphatic carbocycles. The van der Waals surface area contributed by atoms with Crippen molar-refractivity contribution in [3.05, 3.63) is 35.5 Å². The van der Waals surface area contributed by atoms with Crippen LogP contribution < -0.4 is 0 Å². The van der Waals surface area contributed by atoms with Crippen LogP contribution in [-0.2, 0) is 6.42 Å². The minimum absolute atomic E-state index is 0.516. The van der Waals surface area contributed by atoms with Gasteiger partial charge in [-0.05, 0) is 43.0 Å². The van der Waals surface area contributed by atoms with E-state index in [-0.39, 0.29) is 0 Å². The summed E-state index contributed by atoms with van der Waals surface area (Å²) in [7, 11) is 2.22. The van der Waals surface area contributed by atoms with Crippen molar-refractivity contribution < 1.29 is 0 Å². The van der Waals surface area contributed by atoms with Crippen LogP contribution in [0.15, 0.2) is 24.4 Å². The monoisotopic (exact) mass is 265 g/mol. The fourth-order valence-electron chi connectivity index (χ4n) is 4.33. The number of fused-ring (bicyclic) bond motifs is 2. The normalized spacial score (nSPS) is 29.1. The van der Waals surface area contributed by atoms with E-state index in [1.807, 2.05) is 0 Å². The second kappa shape index (κ2) is 4.36. The molecule has 3 atom stereocenters. The maximum atomic E-state index is 9.00. The number of H-pyrrole nitrogens is 1. The molecule has 3 heteroatoms. The number of likely N-dealkylation sites (tertiary alicyclic amines) is 1. The highest BCUT2D eigenvalue weighted by atomic mass is 15.1. The highest BCUT2D eigenvalue weighted by Crippen LogP contribution is 2.44. The van der Waals surface area contributed by atoms with Crippen LogP contribution in [0.2, 0.25) is 0 Å². The van der Waals surface area contributed by atoms with E-state index in [1.54, 1.807) is 0 Å². The van der Waals surface area contributed by atoms with Gasteiger partial charge in [0.25, 0.3) is 0 Å². The molecule has 0 saturated carbocycles. The second-order valence-electron chi connectivity index (χ2n) is 6.37. The summed E-state index contributed by atoms with van der Waals surface area (Å²) in [6, 6.07) is 9.58. The number of likely N-dealkylation sites (N-methyl/N-ethyl adjacent to an activating group) is 1. The van der Waals surface area contributed by atoms with Crippen LogP contribution in [-0.4, -0.2) is 29.5 Å². The van der Waals surface area contributed by atoms with E-state index in [9.17, 15) is 0 Å². The Kier molecular flexibility index (Phi) is 2.61. The van der Waals surface area contributed by atoms with Gasteiger partial charge >= 0.3 is 0 Å². The zero-order valence-corrected chi connectivity index (χ0v) is 11.8. The van der Waals surface area contributed by atoms with Gasteiger partial charge in [0.05, 0.1) is 6.07 Å². The van der Waals surface area contributed by atoms with Crippen LogP contribution in [0.25, 0.3) is 10.9 Å². The predicted molar refractivity (Wildman–Crippen MR) is 79.5 cm³/mol. The number of nitrogens with zero attached hydrogens (tertiary/aromatic N) is 2. The molecule has 20 heavy (non-hydrogen) atoms. The summed E-state index contributed by atoms with van der Waals surface area (Å²) in [6.07, 6.45) is 5.16. The molecule has 0 bridgehead atoms. The van der Waals surface area contributed by atoms with Gasteiger partial charge in [-0.15, -0.1) is 0 Å². The van der Waals surface area contributed by atoms with Gasteiger partial charge in [-0.3, -0.25) is 0 Å². The number of aromatic amines is 1. The molecule has 2 aliphatic rings. The molecule has 3 nitrogen and oxygen atoms in total. The van der Waals surface area contributed by atoms with E-state index in [0.717, 1.165) is 19.4 Å². The van der Waals surface area contributed by atoms with Crippen molar-refractivity contribution in [2.75, 3.05) is 13.6 Å². The van der Waals surface area contributed by atoms with Crippen molar-refractivity contribution in [3.63, 3.8) is 0 Å². The summed E-state index contributed by atoms with van der Waals surface area (Å²) in [5.41, 5.74) is 4.22. The van der Waals surface area contributed by atoms with E-state index in [1.165, 1.54) is 22.0 Å². The lowest BCUT2D eigenvalue weighted by Crippen LogP contribution is -2.47. The number of hydrogen-bond donors (Lipinski definition) is 1. The van der Waals surface area contributed by atoms with Crippen LogP contribution in [0.5, 0.6) is 0 Å². The summed E-state index contributed by atoms with van der Waals surface area (Å²) in [5, 5.41) is 10.4. The summed E-state index contributed by atoms with van der Waals surface area (Å²) in [6.45, 7) is 1.06. The maximum Gasteiger partial charge on any atom is 0.0625 e. The lowest BCUT2D eigenvalue weighted by atomic mass is 9.72. The Morgan fingerprint density at radius 3 is 3.20 bits per heavy atom. The van der Waals surface area contributed by atoms with Gasteiger partial charge < -0.3 is 9.88 Å². The average molecular weight is 265 g/mol. The van der Waals surface area contributed by atoms with Gasteiger partial charge in [-0.1, -0.05) is 12.1 Å². The lowest BCUT2D eigenvalue weighted by molar-refractivity contribution is 0.113. The summed E-state index contributed by atoms with van der Waals surface area (Å²) in [5.74, 6) is 1.10. The zero-order chi connectivity index (χ0) is 13.7. The Morgan fingerprint density at radius 1 is 1.45 bits per heavy atom. The fourth-order valence-corrected chi connectivity index (χ4v) is 4.33. The Balaban J connectivity index is 1.81. The quantitative estimate of drug-likeness (QED) is 0.861. The summed E-state index contributed by atoms with van der Waals surface area (Å²) in [4.78, 5) is 5.89. The van der Waals surface area contributed by atoms with Gasteiger partial charge in [0.2, 0.25) is 0 Å². The Hall–Kier alpha value is -1.79. The Morgan fingerprint density at radius 2 is 2.35 bits per heavy atom. The smallest absolute Gasteiger partial charge is 0.0625 e. The van der Waals surface area contributed by atoms with Crippen molar-refractivity contribution in [1.82, 2.24) is 9.88 Å². The predicted octanol–water partition coefficient (Wildman–Crippen LogP) is 3.04. The number of hydrogen-bond acceptors (Lipinski definition) is 2. The largest absolute Gasteiger partial charge is 0.361 e. The van der Waals surface area contributed by atoms with Gasteiger partial charge in [0.15, 0.2) is 0 Å². The fraction of sp³-hybridized carbons (Fsp3) is 0.471. The van der Waals surface area contributed by atoms with E-state index >= 15 is 0 Å². The molecule has 2 aromatic rings. The number of nitrogens with one attached hydrogen (secondary N) is 1. The summed E-state index contributed by atoms with van der Waals surface area (Å²) >= 11 is 0. The van der Waals surface area contributed by atoms with Crippen molar-refractivity contribution in [3.8, 4) is 6.07 Å². The third kappa shape index (κ3) is 1.61. The first kappa shape index (κ1) is 12.0. The van der Waals surface area contributed by atoms with Gasteiger partial charge in [0.1, 0.15) is 0 Å². The molecule has 1 saturated heterocycles. The molecular weight excluding hydrogens is 246 g/mol. The van der Waals surface area contributed by atoms with Crippen LogP contribution >= 0.6 is 0 Å². The maximum absolute atomic E-state index is 9.00. The van der Waals surface area contributed by atoms with Crippen LogP contribution in [0.3, 0.4) is 0 Å². The highest BCUT2D eigenvalue weighted by Gasteiger charge is 2.39. The van der Waals surface area contributed by atoms with Crippen molar-refractivity contribution in [2.24, 2.45) is 5.92 Å². The molecule has 102 valence electrons. The molecule has 1 aromatic carbocycles. The molecule has 0 spiro atoms. The van der Waals surface area contributed by atoms with E-state index in [4.69, 9.17) is 5.26 Å². The van der Waals surface area contributed by atoms with Gasteiger partial charge in [-0.25, -0.2) is 0 Å². The summed E-state index contributed by atoms with van der Waals surface area (Å²) < 4.78 is 0. The van der Waals surface area contributed by atoms with Gasteiger partial charge in [0, 0.05) is 42.0 Å². The first-order valence-electron chi connectivity index (χ1n) is 7.44. The Bertz CT molecular complexity index is 694. The number of benzene rings is 1. The van der Waals surface area contributed by atoms with Crippen molar-refractivity contribution >= 4 is 10.9 Å². The first-order valence-corrected chi connectivity index (χ1v) is 7.44. The van der Waals surface area contributed by atoms with Crippen LogP contribution in [0, 0.1) is 17.2 Å². The number of nitriles is 1. The van der Waals surface area contributed by atoms with E-state index < -0.39 is 0 Å². The van der Waals surface area contributed by atoms with Gasteiger partial charge in [-0.2, -0.15) is 5.26 Å². The topological polar surface area (TPSA) is 42.8 Å². The van der Waals surface area contributed by atoms with Crippen molar-refractivity contribution in [2.45, 2.75) is 31.2 Å². The molecule has 0 radical (unpaired) electrons. The van der Waals surface area contributed by atoms with E-state index in [0.29, 0.717) is 24.3 Å². The number of rotatable bonds is 1. The SMILES string of the molecule is CN1C[C@@H](CC#N)C[C@H]2c3cccc4[nH]cc(c34)C[C@H]21. The molecule has 1 N–H and O–H groups in total. The molecule has 2 heterocycles.